The van der Waals surface area contributed by atoms with Crippen molar-refractivity contribution in [3.63, 3.8) is 0 Å². The van der Waals surface area contributed by atoms with Crippen LogP contribution in [0.2, 0.25) is 0 Å². The molecule has 2 rings (SSSR count). The highest BCUT2D eigenvalue weighted by Gasteiger charge is 2.23. The third kappa shape index (κ3) is 8.35. The second kappa shape index (κ2) is 12.2. The number of ether oxygens (including phenoxy) is 2. The highest BCUT2D eigenvalue weighted by atomic mass is 16.5. The number of amides is 2. The molecule has 9 nitrogen and oxygen atoms in total. The van der Waals surface area contributed by atoms with Crippen molar-refractivity contribution in [3.05, 3.63) is 65.7 Å². The molecule has 0 aliphatic heterocycles. The van der Waals surface area contributed by atoms with Gasteiger partial charge in [-0.2, -0.15) is 0 Å². The molecule has 0 aliphatic rings. The first-order valence-electron chi connectivity index (χ1n) is 9.65. The smallest absolute Gasteiger partial charge is 0.407 e. The molecule has 0 aromatic heterocycles. The zero-order chi connectivity index (χ0) is 22.6. The summed E-state index contributed by atoms with van der Waals surface area (Å²) in [6.45, 7) is -0.141. The molecule has 0 saturated heterocycles. The maximum absolute atomic E-state index is 12.2. The Morgan fingerprint density at radius 2 is 1.71 bits per heavy atom. The Labute approximate surface area is 180 Å². The summed E-state index contributed by atoms with van der Waals surface area (Å²) in [4.78, 5) is 35.4. The SMILES string of the molecule is COc1ccccc1C[C@@H](NC(=O)C[C@@H](O)CNC(=O)OCc1ccccc1)C(=O)O. The molecule has 0 aliphatic carbocycles. The highest BCUT2D eigenvalue weighted by Crippen LogP contribution is 2.19. The van der Waals surface area contributed by atoms with Crippen molar-refractivity contribution in [2.24, 2.45) is 0 Å². The topological polar surface area (TPSA) is 134 Å². The summed E-state index contributed by atoms with van der Waals surface area (Å²) in [6.07, 6.45) is -2.30. The molecule has 31 heavy (non-hydrogen) atoms. The first kappa shape index (κ1) is 23.7. The number of alkyl carbamates (subject to hydrolysis) is 1. The van der Waals surface area contributed by atoms with Crippen LogP contribution in [-0.4, -0.2) is 54.0 Å². The summed E-state index contributed by atoms with van der Waals surface area (Å²) < 4.78 is 10.2. The maximum Gasteiger partial charge on any atom is 0.407 e. The van der Waals surface area contributed by atoms with E-state index in [0.717, 1.165) is 5.56 Å². The van der Waals surface area contributed by atoms with Crippen LogP contribution in [0, 0.1) is 0 Å². The normalized spacial score (nSPS) is 12.3. The van der Waals surface area contributed by atoms with Gasteiger partial charge >= 0.3 is 12.1 Å². The summed E-state index contributed by atoms with van der Waals surface area (Å²) in [6, 6.07) is 14.8. The fraction of sp³-hybridized carbons (Fsp3) is 0.318. The van der Waals surface area contributed by atoms with Crippen LogP contribution in [0.25, 0.3) is 0 Å². The number of para-hydroxylation sites is 1. The first-order chi connectivity index (χ1) is 14.9. The van der Waals surface area contributed by atoms with E-state index in [9.17, 15) is 24.6 Å². The van der Waals surface area contributed by atoms with Crippen molar-refractivity contribution in [3.8, 4) is 5.75 Å². The Bertz CT molecular complexity index is 873. The zero-order valence-electron chi connectivity index (χ0n) is 17.1. The lowest BCUT2D eigenvalue weighted by atomic mass is 10.0. The number of methoxy groups -OCH3 is 1. The van der Waals surface area contributed by atoms with Gasteiger partial charge in [0.1, 0.15) is 18.4 Å². The molecule has 0 unspecified atom stereocenters. The van der Waals surface area contributed by atoms with Crippen molar-refractivity contribution in [2.45, 2.75) is 31.6 Å². The number of hydrogen-bond acceptors (Lipinski definition) is 6. The van der Waals surface area contributed by atoms with Crippen molar-refractivity contribution in [1.29, 1.82) is 0 Å². The molecule has 0 fully saturated rings. The molecule has 2 aromatic carbocycles. The van der Waals surface area contributed by atoms with Gasteiger partial charge in [0.25, 0.3) is 0 Å². The van der Waals surface area contributed by atoms with E-state index in [1.54, 1.807) is 36.4 Å². The summed E-state index contributed by atoms with van der Waals surface area (Å²) >= 11 is 0. The van der Waals surface area contributed by atoms with Crippen molar-refractivity contribution in [1.82, 2.24) is 10.6 Å². The number of aliphatic hydroxyl groups excluding tert-OH is 1. The number of aliphatic carboxylic acids is 1. The van der Waals surface area contributed by atoms with Crippen LogP contribution in [0.1, 0.15) is 17.5 Å². The molecule has 0 saturated carbocycles. The standard InChI is InChI=1S/C22H26N2O7/c1-30-19-10-6-5-9-16(19)11-18(21(27)28)24-20(26)12-17(25)13-23-22(29)31-14-15-7-3-2-4-8-15/h2-10,17-18,25H,11-14H2,1H3,(H,23,29)(H,24,26)(H,27,28)/t17-,18-/m1/s1. The first-order valence-corrected chi connectivity index (χ1v) is 9.65. The fourth-order valence-electron chi connectivity index (χ4n) is 2.81. The molecular weight excluding hydrogens is 404 g/mol. The molecule has 0 bridgehead atoms. The number of hydrogen-bond donors (Lipinski definition) is 4. The molecule has 2 aromatic rings. The fourth-order valence-corrected chi connectivity index (χ4v) is 2.81. The molecular formula is C22H26N2O7. The van der Waals surface area contributed by atoms with Gasteiger partial charge in [0, 0.05) is 13.0 Å². The molecule has 166 valence electrons. The summed E-state index contributed by atoms with van der Waals surface area (Å²) in [5.74, 6) is -1.35. The number of carbonyl (C=O) groups is 3. The lowest BCUT2D eigenvalue weighted by molar-refractivity contribution is -0.142. The molecule has 2 atom stereocenters. The predicted octanol–water partition coefficient (Wildman–Crippen LogP) is 1.48. The number of aliphatic hydroxyl groups is 1. The Morgan fingerprint density at radius 1 is 1.03 bits per heavy atom. The van der Waals surface area contributed by atoms with Gasteiger partial charge in [-0.1, -0.05) is 48.5 Å². The zero-order valence-corrected chi connectivity index (χ0v) is 17.1. The summed E-state index contributed by atoms with van der Waals surface area (Å²) in [5.41, 5.74) is 1.44. The molecule has 4 N–H and O–H groups in total. The predicted molar refractivity (Wildman–Crippen MR) is 112 cm³/mol. The largest absolute Gasteiger partial charge is 0.496 e. The number of nitrogens with one attached hydrogen (secondary N) is 2. The van der Waals surface area contributed by atoms with Crippen molar-refractivity contribution < 1.29 is 34.1 Å². The third-order valence-corrected chi connectivity index (χ3v) is 4.37. The number of carboxylic acid groups (broad SMARTS) is 1. The third-order valence-electron chi connectivity index (χ3n) is 4.37. The molecule has 0 heterocycles. The monoisotopic (exact) mass is 430 g/mol. The van der Waals surface area contributed by atoms with Crippen LogP contribution in [-0.2, 0) is 27.4 Å². The van der Waals surface area contributed by atoms with Gasteiger partial charge < -0.3 is 30.3 Å². The number of carboxylic acids is 1. The minimum absolute atomic E-state index is 0.0191. The van der Waals surface area contributed by atoms with E-state index in [2.05, 4.69) is 10.6 Å². The second-order valence-corrected chi connectivity index (χ2v) is 6.77. The van der Waals surface area contributed by atoms with E-state index in [4.69, 9.17) is 9.47 Å². The Balaban J connectivity index is 1.77. The van der Waals surface area contributed by atoms with Gasteiger partial charge in [-0.05, 0) is 17.2 Å². The minimum Gasteiger partial charge on any atom is -0.496 e. The van der Waals surface area contributed by atoms with Crippen molar-refractivity contribution >= 4 is 18.0 Å². The quantitative estimate of drug-likeness (QED) is 0.424. The Hall–Kier alpha value is -3.59. The van der Waals surface area contributed by atoms with Crippen LogP contribution < -0.4 is 15.4 Å². The van der Waals surface area contributed by atoms with Gasteiger partial charge in [0.15, 0.2) is 0 Å². The highest BCUT2D eigenvalue weighted by molar-refractivity contribution is 5.84. The van der Waals surface area contributed by atoms with E-state index >= 15 is 0 Å². The summed E-state index contributed by atoms with van der Waals surface area (Å²) in [5, 5.41) is 24.1. The van der Waals surface area contributed by atoms with Crippen LogP contribution in [0.5, 0.6) is 5.75 Å². The van der Waals surface area contributed by atoms with E-state index in [-0.39, 0.29) is 26.0 Å². The lowest BCUT2D eigenvalue weighted by Crippen LogP contribution is -2.44. The molecule has 9 heteroatoms. The van der Waals surface area contributed by atoms with Gasteiger partial charge in [-0.15, -0.1) is 0 Å². The van der Waals surface area contributed by atoms with E-state index < -0.39 is 30.1 Å². The van der Waals surface area contributed by atoms with Gasteiger partial charge in [-0.3, -0.25) is 4.79 Å². The maximum atomic E-state index is 12.2. The number of rotatable bonds is 11. The van der Waals surface area contributed by atoms with Crippen LogP contribution >= 0.6 is 0 Å². The van der Waals surface area contributed by atoms with Gasteiger partial charge in [0.05, 0.1) is 19.6 Å². The average molecular weight is 430 g/mol. The van der Waals surface area contributed by atoms with E-state index in [0.29, 0.717) is 11.3 Å². The Kier molecular flexibility index (Phi) is 9.31. The second-order valence-electron chi connectivity index (χ2n) is 6.77. The van der Waals surface area contributed by atoms with Crippen molar-refractivity contribution in [2.75, 3.05) is 13.7 Å². The van der Waals surface area contributed by atoms with Crippen LogP contribution in [0.3, 0.4) is 0 Å². The van der Waals surface area contributed by atoms with Crippen LogP contribution in [0.15, 0.2) is 54.6 Å². The molecule has 0 radical (unpaired) electrons. The van der Waals surface area contributed by atoms with Gasteiger partial charge in [0.2, 0.25) is 5.91 Å². The van der Waals surface area contributed by atoms with Crippen LogP contribution in [0.4, 0.5) is 4.79 Å². The summed E-state index contributed by atoms with van der Waals surface area (Å²) in [7, 11) is 1.47. The lowest BCUT2D eigenvalue weighted by Gasteiger charge is -2.18. The minimum atomic E-state index is -1.21. The molecule has 0 spiro atoms. The number of benzene rings is 2. The number of carbonyl (C=O) groups excluding carboxylic acids is 2. The Morgan fingerprint density at radius 3 is 2.39 bits per heavy atom. The van der Waals surface area contributed by atoms with E-state index in [1.807, 2.05) is 18.2 Å². The molecule has 2 amide bonds. The van der Waals surface area contributed by atoms with E-state index in [1.165, 1.54) is 7.11 Å². The van der Waals surface area contributed by atoms with Gasteiger partial charge in [-0.25, -0.2) is 9.59 Å². The average Bonchev–Trinajstić information content (AvgIpc) is 2.76.